The lowest BCUT2D eigenvalue weighted by molar-refractivity contribution is -0.150. The van der Waals surface area contributed by atoms with Crippen molar-refractivity contribution in [3.8, 4) is 5.75 Å². The molecule has 2 aliphatic heterocycles. The number of rotatable bonds is 3. The van der Waals surface area contributed by atoms with E-state index in [0.29, 0.717) is 30.6 Å². The lowest BCUT2D eigenvalue weighted by Gasteiger charge is -2.40. The van der Waals surface area contributed by atoms with Crippen molar-refractivity contribution in [1.29, 1.82) is 0 Å². The van der Waals surface area contributed by atoms with Crippen LogP contribution in [0.2, 0.25) is 0 Å². The Morgan fingerprint density at radius 2 is 2.03 bits per heavy atom. The minimum Gasteiger partial charge on any atom is -0.473 e. The van der Waals surface area contributed by atoms with Crippen molar-refractivity contribution < 1.29 is 27.5 Å². The van der Waals surface area contributed by atoms with Crippen LogP contribution in [-0.2, 0) is 22.3 Å². The fourth-order valence-corrected chi connectivity index (χ4v) is 5.36. The Morgan fingerprint density at radius 1 is 1.26 bits per heavy atom. The van der Waals surface area contributed by atoms with E-state index in [4.69, 9.17) is 4.74 Å². The lowest BCUT2D eigenvalue weighted by Crippen LogP contribution is -2.49. The molecular weight excluding hydrogens is 409 g/mol. The first-order valence-corrected chi connectivity index (χ1v) is 11.0. The minimum atomic E-state index is -4.44. The van der Waals surface area contributed by atoms with Gasteiger partial charge in [-0.05, 0) is 56.2 Å². The second-order valence-corrected chi connectivity index (χ2v) is 9.35. The molecule has 2 atom stereocenters. The summed E-state index contributed by atoms with van der Waals surface area (Å²) in [6, 6.07) is 3.45. The van der Waals surface area contributed by atoms with Crippen LogP contribution in [-0.4, -0.2) is 40.9 Å². The predicted octanol–water partition coefficient (Wildman–Crippen LogP) is 4.59. The number of ether oxygens (including phenoxy) is 1. The van der Waals surface area contributed by atoms with Crippen LogP contribution < -0.4 is 4.74 Å². The maximum atomic E-state index is 13.7. The highest BCUT2D eigenvalue weighted by atomic mass is 19.4. The van der Waals surface area contributed by atoms with Gasteiger partial charge in [0, 0.05) is 24.6 Å². The van der Waals surface area contributed by atoms with Crippen molar-refractivity contribution in [3.63, 3.8) is 0 Å². The third-order valence-corrected chi connectivity index (χ3v) is 7.27. The average Bonchev–Trinajstić information content (AvgIpc) is 3.18. The minimum absolute atomic E-state index is 0.0268. The van der Waals surface area contributed by atoms with Crippen LogP contribution in [0.5, 0.6) is 5.75 Å². The highest BCUT2D eigenvalue weighted by molar-refractivity contribution is 5.84. The number of hydrogen-bond acceptors (Lipinski definition) is 3. The van der Waals surface area contributed by atoms with Crippen LogP contribution in [0.25, 0.3) is 0 Å². The highest BCUT2D eigenvalue weighted by Crippen LogP contribution is 2.48. The quantitative estimate of drug-likeness (QED) is 0.694. The van der Waals surface area contributed by atoms with Crippen molar-refractivity contribution in [2.45, 2.75) is 71.1 Å². The van der Waals surface area contributed by atoms with E-state index in [1.54, 1.807) is 0 Å². The van der Waals surface area contributed by atoms with Gasteiger partial charge in [0.2, 0.25) is 11.8 Å². The van der Waals surface area contributed by atoms with Gasteiger partial charge in [0.05, 0.1) is 17.5 Å². The summed E-state index contributed by atoms with van der Waals surface area (Å²) in [5, 5.41) is 0. The van der Waals surface area contributed by atoms with Crippen LogP contribution in [0.4, 0.5) is 13.2 Å². The molecule has 5 nitrogen and oxygen atoms in total. The zero-order valence-electron chi connectivity index (χ0n) is 18.0. The molecule has 4 rings (SSSR count). The topological polar surface area (TPSA) is 49.9 Å². The van der Waals surface area contributed by atoms with Crippen LogP contribution in [0.1, 0.15) is 63.5 Å². The Morgan fingerprint density at radius 3 is 2.71 bits per heavy atom. The second kappa shape index (κ2) is 8.02. The molecule has 1 saturated carbocycles. The summed E-state index contributed by atoms with van der Waals surface area (Å²) >= 11 is 0. The van der Waals surface area contributed by atoms with E-state index in [1.807, 2.05) is 18.7 Å². The summed E-state index contributed by atoms with van der Waals surface area (Å²) in [6.07, 6.45) is 0.0751. The van der Waals surface area contributed by atoms with Crippen LogP contribution >= 0.6 is 0 Å². The number of carbonyl (C=O) groups is 2. The molecule has 0 aromatic heterocycles. The molecule has 1 aliphatic carbocycles. The second-order valence-electron chi connectivity index (χ2n) is 9.35. The number of piperidine rings is 1. The standard InChI is InChI=1S/C23H29F3N2O3/c1-15(2)22(9-8-18(12-22)28-10-4-3-5-20(28)29)21(30)27-13-16-11-17(23(24,25)26)6-7-19(16)31-14-27/h6-7,11,15,18H,3-5,8-10,12-14H2,1-2H3/t18-,22?/m1/s1. The summed E-state index contributed by atoms with van der Waals surface area (Å²) in [7, 11) is 0. The van der Waals surface area contributed by atoms with Gasteiger partial charge < -0.3 is 14.5 Å². The first-order valence-electron chi connectivity index (χ1n) is 11.0. The van der Waals surface area contributed by atoms with E-state index >= 15 is 0 Å². The molecular formula is C23H29F3N2O3. The van der Waals surface area contributed by atoms with E-state index < -0.39 is 17.2 Å². The predicted molar refractivity (Wildman–Crippen MR) is 108 cm³/mol. The third-order valence-electron chi connectivity index (χ3n) is 7.27. The summed E-state index contributed by atoms with van der Waals surface area (Å²) in [4.78, 5) is 29.6. The molecule has 170 valence electrons. The van der Waals surface area contributed by atoms with Gasteiger partial charge in [-0.15, -0.1) is 0 Å². The largest absolute Gasteiger partial charge is 0.473 e. The number of fused-ring (bicyclic) bond motifs is 1. The highest BCUT2D eigenvalue weighted by Gasteiger charge is 2.51. The molecule has 31 heavy (non-hydrogen) atoms. The summed E-state index contributed by atoms with van der Waals surface area (Å²) < 4.78 is 45.0. The zero-order valence-corrected chi connectivity index (χ0v) is 18.0. The van der Waals surface area contributed by atoms with Crippen molar-refractivity contribution in [2.24, 2.45) is 11.3 Å². The first-order chi connectivity index (χ1) is 14.6. The molecule has 0 radical (unpaired) electrons. The maximum absolute atomic E-state index is 13.7. The van der Waals surface area contributed by atoms with Crippen LogP contribution in [0.15, 0.2) is 18.2 Å². The number of hydrogen-bond donors (Lipinski definition) is 0. The van der Waals surface area contributed by atoms with Crippen molar-refractivity contribution in [2.75, 3.05) is 13.3 Å². The Labute approximate surface area is 180 Å². The number of benzene rings is 1. The third kappa shape index (κ3) is 4.01. The Bertz CT molecular complexity index is 870. The fourth-order valence-electron chi connectivity index (χ4n) is 5.36. The van der Waals surface area contributed by atoms with E-state index in [9.17, 15) is 22.8 Å². The molecule has 3 aliphatic rings. The van der Waals surface area contributed by atoms with Gasteiger partial charge in [0.15, 0.2) is 6.73 Å². The average molecular weight is 438 g/mol. The Balaban J connectivity index is 1.54. The van der Waals surface area contributed by atoms with E-state index in [-0.39, 0.29) is 37.0 Å². The van der Waals surface area contributed by atoms with Crippen molar-refractivity contribution in [3.05, 3.63) is 29.3 Å². The van der Waals surface area contributed by atoms with Gasteiger partial charge in [-0.1, -0.05) is 13.8 Å². The SMILES string of the molecule is CC(C)C1(C(=O)N2COc3ccc(C(F)(F)F)cc3C2)CC[C@@H](N2CCCCC2=O)C1. The molecule has 1 saturated heterocycles. The van der Waals surface area contributed by atoms with Crippen molar-refractivity contribution >= 4 is 11.8 Å². The molecule has 1 aromatic rings. The molecule has 2 fully saturated rings. The van der Waals surface area contributed by atoms with Gasteiger partial charge in [-0.3, -0.25) is 9.59 Å². The van der Waals surface area contributed by atoms with Gasteiger partial charge in [0.25, 0.3) is 0 Å². The molecule has 2 heterocycles. The summed E-state index contributed by atoms with van der Waals surface area (Å²) in [5.74, 6) is 0.516. The molecule has 1 aromatic carbocycles. The van der Waals surface area contributed by atoms with Crippen molar-refractivity contribution in [1.82, 2.24) is 9.80 Å². The number of carbonyl (C=O) groups excluding carboxylic acids is 2. The lowest BCUT2D eigenvalue weighted by atomic mass is 9.74. The van der Waals surface area contributed by atoms with Gasteiger partial charge in [-0.25, -0.2) is 0 Å². The fraction of sp³-hybridized carbons (Fsp3) is 0.652. The van der Waals surface area contributed by atoms with Crippen LogP contribution in [0.3, 0.4) is 0 Å². The normalized spacial score (nSPS) is 26.8. The van der Waals surface area contributed by atoms with E-state index in [0.717, 1.165) is 37.9 Å². The summed E-state index contributed by atoms with van der Waals surface area (Å²) in [5.41, 5.74) is -1.01. The number of likely N-dealkylation sites (tertiary alicyclic amines) is 1. The molecule has 2 amide bonds. The Kier molecular flexibility index (Phi) is 5.68. The molecule has 0 spiro atoms. The van der Waals surface area contributed by atoms with E-state index in [2.05, 4.69) is 0 Å². The summed E-state index contributed by atoms with van der Waals surface area (Å²) in [6.45, 7) is 4.89. The monoisotopic (exact) mass is 438 g/mol. The molecule has 8 heteroatoms. The maximum Gasteiger partial charge on any atom is 0.416 e. The first kappa shape index (κ1) is 22.0. The van der Waals surface area contributed by atoms with Gasteiger partial charge in [-0.2, -0.15) is 13.2 Å². The number of nitrogens with zero attached hydrogens (tertiary/aromatic N) is 2. The van der Waals surface area contributed by atoms with E-state index in [1.165, 1.54) is 11.0 Å². The number of alkyl halides is 3. The number of halogens is 3. The molecule has 1 unspecified atom stereocenters. The molecule has 0 N–H and O–H groups in total. The smallest absolute Gasteiger partial charge is 0.416 e. The van der Waals surface area contributed by atoms with Gasteiger partial charge in [0.1, 0.15) is 5.75 Å². The van der Waals surface area contributed by atoms with Crippen LogP contribution in [0, 0.1) is 11.3 Å². The zero-order chi connectivity index (χ0) is 22.4. The van der Waals surface area contributed by atoms with Gasteiger partial charge >= 0.3 is 6.18 Å². The number of amides is 2. The molecule has 0 bridgehead atoms. The Hall–Kier alpha value is -2.25.